The molecule has 0 saturated heterocycles. The minimum absolute atomic E-state index is 0.680. The monoisotopic (exact) mass is 320 g/mol. The molecule has 23 heavy (non-hydrogen) atoms. The highest BCUT2D eigenvalue weighted by atomic mass is 32.2. The minimum atomic E-state index is 0.680. The average molecular weight is 320 g/mol. The quantitative estimate of drug-likeness (QED) is 0.683. The van der Waals surface area contributed by atoms with Crippen molar-refractivity contribution in [3.8, 4) is 17.5 Å². The molecule has 3 rings (SSSR count). The third-order valence-electron chi connectivity index (χ3n) is 3.56. The van der Waals surface area contributed by atoms with Crippen LogP contribution in [0.1, 0.15) is 16.7 Å². The van der Waals surface area contributed by atoms with Gasteiger partial charge in [-0.15, -0.1) is 10.2 Å². The van der Waals surface area contributed by atoms with E-state index < -0.39 is 0 Å². The van der Waals surface area contributed by atoms with Gasteiger partial charge in [-0.2, -0.15) is 5.26 Å². The molecule has 0 bridgehead atoms. The Morgan fingerprint density at radius 2 is 1.91 bits per heavy atom. The molecule has 4 nitrogen and oxygen atoms in total. The molecule has 0 aliphatic heterocycles. The average Bonchev–Trinajstić information content (AvgIpc) is 2.94. The van der Waals surface area contributed by atoms with Gasteiger partial charge in [0.05, 0.1) is 11.6 Å². The fraction of sp³-hybridized carbons (Fsp3) is 0.167. The largest absolute Gasteiger partial charge is 0.305 e. The summed E-state index contributed by atoms with van der Waals surface area (Å²) in [6.45, 7) is 2.07. The summed E-state index contributed by atoms with van der Waals surface area (Å²) in [7, 11) is 1.98. The first-order valence-corrected chi connectivity index (χ1v) is 8.24. The maximum Gasteiger partial charge on any atom is 0.191 e. The molecule has 0 aliphatic carbocycles. The summed E-state index contributed by atoms with van der Waals surface area (Å²) in [5.41, 5.74) is 4.12. The first kappa shape index (κ1) is 15.3. The Labute approximate surface area is 139 Å². The van der Waals surface area contributed by atoms with Crippen molar-refractivity contribution in [2.24, 2.45) is 7.05 Å². The highest BCUT2D eigenvalue weighted by Gasteiger charge is 2.11. The molecule has 1 aromatic heterocycles. The van der Waals surface area contributed by atoms with E-state index in [0.717, 1.165) is 27.9 Å². The molecule has 1 heterocycles. The maximum atomic E-state index is 8.83. The van der Waals surface area contributed by atoms with E-state index in [1.807, 2.05) is 48.0 Å². The molecule has 114 valence electrons. The highest BCUT2D eigenvalue weighted by Crippen LogP contribution is 2.25. The molecule has 0 saturated carbocycles. The van der Waals surface area contributed by atoms with Crippen LogP contribution in [0.2, 0.25) is 0 Å². The summed E-state index contributed by atoms with van der Waals surface area (Å²) in [6.07, 6.45) is 0. The van der Waals surface area contributed by atoms with Gasteiger partial charge in [0, 0.05) is 18.4 Å². The van der Waals surface area contributed by atoms with E-state index in [9.17, 15) is 0 Å². The Bertz CT molecular complexity index is 859. The van der Waals surface area contributed by atoms with Crippen molar-refractivity contribution in [2.45, 2.75) is 17.8 Å². The highest BCUT2D eigenvalue weighted by molar-refractivity contribution is 7.98. The van der Waals surface area contributed by atoms with Crippen molar-refractivity contribution in [2.75, 3.05) is 0 Å². The lowest BCUT2D eigenvalue weighted by atomic mass is 10.1. The lowest BCUT2D eigenvalue weighted by molar-refractivity contribution is 0.794. The van der Waals surface area contributed by atoms with Crippen LogP contribution in [0.4, 0.5) is 0 Å². The zero-order chi connectivity index (χ0) is 16.2. The first-order valence-electron chi connectivity index (χ1n) is 7.25. The molecule has 0 atom stereocenters. The second-order valence-corrected chi connectivity index (χ2v) is 6.27. The number of hydrogen-bond acceptors (Lipinski definition) is 4. The van der Waals surface area contributed by atoms with Crippen molar-refractivity contribution >= 4 is 11.8 Å². The summed E-state index contributed by atoms with van der Waals surface area (Å²) in [5, 5.41) is 18.3. The molecule has 0 spiro atoms. The standard InChI is InChI=1S/C18H16N4S/c1-13-4-3-5-16(10-13)17-20-21-18(22(17)2)23-12-15-8-6-14(11-19)7-9-15/h3-10H,12H2,1-2H3. The summed E-state index contributed by atoms with van der Waals surface area (Å²) in [5.74, 6) is 1.67. The van der Waals surface area contributed by atoms with E-state index in [-0.39, 0.29) is 0 Å². The Morgan fingerprint density at radius 1 is 1.13 bits per heavy atom. The van der Waals surface area contributed by atoms with E-state index in [0.29, 0.717) is 5.56 Å². The van der Waals surface area contributed by atoms with Gasteiger partial charge in [0.25, 0.3) is 0 Å². The van der Waals surface area contributed by atoms with E-state index >= 15 is 0 Å². The van der Waals surface area contributed by atoms with Gasteiger partial charge in [-0.25, -0.2) is 0 Å². The molecule has 0 aliphatic rings. The molecule has 2 aromatic carbocycles. The number of rotatable bonds is 4. The van der Waals surface area contributed by atoms with Crippen LogP contribution in [-0.4, -0.2) is 14.8 Å². The lowest BCUT2D eigenvalue weighted by Crippen LogP contribution is -1.95. The van der Waals surface area contributed by atoms with Crippen LogP contribution in [-0.2, 0) is 12.8 Å². The second kappa shape index (κ2) is 6.67. The van der Waals surface area contributed by atoms with Crippen LogP contribution in [0.25, 0.3) is 11.4 Å². The third kappa shape index (κ3) is 3.43. The fourth-order valence-electron chi connectivity index (χ4n) is 2.30. The number of nitriles is 1. The molecule has 0 unspecified atom stereocenters. The van der Waals surface area contributed by atoms with Crippen molar-refractivity contribution < 1.29 is 0 Å². The topological polar surface area (TPSA) is 54.5 Å². The zero-order valence-corrected chi connectivity index (χ0v) is 13.8. The van der Waals surface area contributed by atoms with Crippen LogP contribution in [0.5, 0.6) is 0 Å². The van der Waals surface area contributed by atoms with Crippen molar-refractivity contribution in [3.05, 3.63) is 65.2 Å². The van der Waals surface area contributed by atoms with Crippen LogP contribution in [0.3, 0.4) is 0 Å². The number of thioether (sulfide) groups is 1. The van der Waals surface area contributed by atoms with Crippen molar-refractivity contribution in [1.82, 2.24) is 14.8 Å². The van der Waals surface area contributed by atoms with E-state index in [2.05, 4.69) is 35.3 Å². The summed E-state index contributed by atoms with van der Waals surface area (Å²) in [6, 6.07) is 18.0. The van der Waals surface area contributed by atoms with E-state index in [1.165, 1.54) is 5.56 Å². The zero-order valence-electron chi connectivity index (χ0n) is 13.0. The second-order valence-electron chi connectivity index (χ2n) is 5.33. The number of hydrogen-bond donors (Lipinski definition) is 0. The van der Waals surface area contributed by atoms with Gasteiger partial charge in [-0.05, 0) is 30.7 Å². The lowest BCUT2D eigenvalue weighted by Gasteiger charge is -2.05. The van der Waals surface area contributed by atoms with Crippen LogP contribution in [0, 0.1) is 18.3 Å². The molecular weight excluding hydrogens is 304 g/mol. The predicted octanol–water partition coefficient (Wildman–Crippen LogP) is 3.95. The number of benzene rings is 2. The molecule has 0 fully saturated rings. The minimum Gasteiger partial charge on any atom is -0.305 e. The van der Waals surface area contributed by atoms with Crippen molar-refractivity contribution in [1.29, 1.82) is 5.26 Å². The summed E-state index contributed by atoms with van der Waals surface area (Å²) < 4.78 is 2.02. The summed E-state index contributed by atoms with van der Waals surface area (Å²) >= 11 is 1.64. The van der Waals surface area contributed by atoms with Gasteiger partial charge in [0.2, 0.25) is 0 Å². The van der Waals surface area contributed by atoms with E-state index in [4.69, 9.17) is 5.26 Å². The molecular formula is C18H16N4S. The van der Waals surface area contributed by atoms with Gasteiger partial charge in [0.1, 0.15) is 0 Å². The van der Waals surface area contributed by atoms with Crippen LogP contribution in [0.15, 0.2) is 53.7 Å². The van der Waals surface area contributed by atoms with Crippen LogP contribution >= 0.6 is 11.8 Å². The smallest absolute Gasteiger partial charge is 0.191 e. The van der Waals surface area contributed by atoms with Crippen LogP contribution < -0.4 is 0 Å². The predicted molar refractivity (Wildman–Crippen MR) is 91.9 cm³/mol. The molecule has 0 N–H and O–H groups in total. The first-order chi connectivity index (χ1) is 11.2. The van der Waals surface area contributed by atoms with Gasteiger partial charge in [-0.1, -0.05) is 47.7 Å². The Balaban J connectivity index is 1.75. The maximum absolute atomic E-state index is 8.83. The third-order valence-corrected chi connectivity index (χ3v) is 4.65. The van der Waals surface area contributed by atoms with Gasteiger partial charge >= 0.3 is 0 Å². The molecule has 3 aromatic rings. The summed E-state index contributed by atoms with van der Waals surface area (Å²) in [4.78, 5) is 0. The van der Waals surface area contributed by atoms with Crippen molar-refractivity contribution in [3.63, 3.8) is 0 Å². The van der Waals surface area contributed by atoms with Gasteiger partial charge in [-0.3, -0.25) is 0 Å². The Kier molecular flexibility index (Phi) is 4.45. The number of aryl methyl sites for hydroxylation is 1. The molecule has 0 radical (unpaired) electrons. The number of aromatic nitrogens is 3. The SMILES string of the molecule is Cc1cccc(-c2nnc(SCc3ccc(C#N)cc3)n2C)c1. The Morgan fingerprint density at radius 3 is 2.61 bits per heavy atom. The normalized spacial score (nSPS) is 10.5. The fourth-order valence-corrected chi connectivity index (χ4v) is 3.17. The Hall–Kier alpha value is -2.58. The molecule has 0 amide bonds. The van der Waals surface area contributed by atoms with E-state index in [1.54, 1.807) is 11.8 Å². The van der Waals surface area contributed by atoms with Gasteiger partial charge in [0.15, 0.2) is 11.0 Å². The number of nitrogens with zero attached hydrogens (tertiary/aromatic N) is 4. The molecule has 5 heteroatoms. The van der Waals surface area contributed by atoms with Gasteiger partial charge < -0.3 is 4.57 Å².